The van der Waals surface area contributed by atoms with Crippen LogP contribution in [0.5, 0.6) is 0 Å². The zero-order valence-electron chi connectivity index (χ0n) is 12.6. The minimum atomic E-state index is 0.284. The monoisotopic (exact) mass is 269 g/mol. The molecule has 1 amide bonds. The van der Waals surface area contributed by atoms with E-state index in [4.69, 9.17) is 0 Å². The van der Waals surface area contributed by atoms with E-state index in [1.165, 1.54) is 36.0 Å². The molecule has 0 aromatic heterocycles. The van der Waals surface area contributed by atoms with E-state index in [2.05, 4.69) is 38.2 Å². The van der Waals surface area contributed by atoms with Crippen molar-refractivity contribution in [1.29, 1.82) is 0 Å². The minimum absolute atomic E-state index is 0.284. The molecule has 0 aliphatic heterocycles. The summed E-state index contributed by atoms with van der Waals surface area (Å²) in [4.78, 5) is 12.6. The number of benzene rings is 1. The van der Waals surface area contributed by atoms with Gasteiger partial charge in [-0.05, 0) is 74.8 Å². The van der Waals surface area contributed by atoms with Crippen molar-refractivity contribution in [2.75, 3.05) is 5.32 Å². The van der Waals surface area contributed by atoms with E-state index < -0.39 is 0 Å². The molecule has 3 aliphatic rings. The molecule has 0 heterocycles. The van der Waals surface area contributed by atoms with E-state index in [0.717, 1.165) is 29.4 Å². The second kappa shape index (κ2) is 4.09. The summed E-state index contributed by atoms with van der Waals surface area (Å²) < 4.78 is 0. The molecule has 3 aliphatic carbocycles. The van der Waals surface area contributed by atoms with Crippen LogP contribution in [0.3, 0.4) is 0 Å². The molecule has 2 heteroatoms. The average Bonchev–Trinajstić information content (AvgIpc) is 2.82. The summed E-state index contributed by atoms with van der Waals surface area (Å²) >= 11 is 0. The topological polar surface area (TPSA) is 29.1 Å². The molecule has 1 aromatic carbocycles. The predicted octanol–water partition coefficient (Wildman–Crippen LogP) is 3.84. The molecule has 5 atom stereocenters. The average molecular weight is 269 g/mol. The van der Waals surface area contributed by atoms with Gasteiger partial charge in [-0.1, -0.05) is 17.7 Å². The Morgan fingerprint density at radius 2 is 1.60 bits per heavy atom. The van der Waals surface area contributed by atoms with Gasteiger partial charge in [0.05, 0.1) is 0 Å². The molecule has 2 bridgehead atoms. The van der Waals surface area contributed by atoms with Crippen molar-refractivity contribution in [1.82, 2.24) is 0 Å². The number of amides is 1. The summed E-state index contributed by atoms with van der Waals surface area (Å²) in [6, 6.07) is 4.31. The number of hydrogen-bond donors (Lipinski definition) is 1. The molecule has 1 unspecified atom stereocenters. The summed E-state index contributed by atoms with van der Waals surface area (Å²) in [6.07, 6.45) is 4.15. The van der Waals surface area contributed by atoms with Crippen LogP contribution >= 0.6 is 0 Å². The van der Waals surface area contributed by atoms with Crippen molar-refractivity contribution >= 4 is 11.6 Å². The lowest BCUT2D eigenvalue weighted by atomic mass is 10.0. The Balaban J connectivity index is 1.52. The Hall–Kier alpha value is -1.31. The van der Waals surface area contributed by atoms with Crippen LogP contribution < -0.4 is 5.32 Å². The number of carbonyl (C=O) groups is 1. The van der Waals surface area contributed by atoms with Gasteiger partial charge in [-0.25, -0.2) is 0 Å². The largest absolute Gasteiger partial charge is 0.325 e. The van der Waals surface area contributed by atoms with Gasteiger partial charge in [0.25, 0.3) is 0 Å². The molecule has 2 nitrogen and oxygen atoms in total. The summed E-state index contributed by atoms with van der Waals surface area (Å²) in [7, 11) is 0. The third-order valence-electron chi connectivity index (χ3n) is 5.96. The Kier molecular flexibility index (Phi) is 2.55. The van der Waals surface area contributed by atoms with Crippen LogP contribution in [0, 0.1) is 50.4 Å². The fourth-order valence-corrected chi connectivity index (χ4v) is 5.26. The van der Waals surface area contributed by atoms with Crippen molar-refractivity contribution in [2.45, 2.75) is 40.0 Å². The highest BCUT2D eigenvalue weighted by molar-refractivity contribution is 5.96. The lowest BCUT2D eigenvalue weighted by Gasteiger charge is -2.14. The third-order valence-corrected chi connectivity index (χ3v) is 5.96. The van der Waals surface area contributed by atoms with Gasteiger partial charge in [0, 0.05) is 11.6 Å². The summed E-state index contributed by atoms with van der Waals surface area (Å²) in [6.45, 7) is 6.29. The minimum Gasteiger partial charge on any atom is -0.325 e. The lowest BCUT2D eigenvalue weighted by molar-refractivity contribution is -0.118. The first kappa shape index (κ1) is 12.4. The third kappa shape index (κ3) is 1.66. The highest BCUT2D eigenvalue weighted by atomic mass is 16.2. The summed E-state index contributed by atoms with van der Waals surface area (Å²) in [5.41, 5.74) is 4.67. The Morgan fingerprint density at radius 1 is 1.05 bits per heavy atom. The van der Waals surface area contributed by atoms with Gasteiger partial charge in [0.1, 0.15) is 0 Å². The first-order chi connectivity index (χ1) is 9.56. The zero-order valence-corrected chi connectivity index (χ0v) is 12.6. The Morgan fingerprint density at radius 3 is 2.15 bits per heavy atom. The Bertz CT molecular complexity index is 552. The molecular formula is C18H23NO. The van der Waals surface area contributed by atoms with Gasteiger partial charge >= 0.3 is 0 Å². The van der Waals surface area contributed by atoms with E-state index in [-0.39, 0.29) is 5.91 Å². The second-order valence-electron chi connectivity index (χ2n) is 7.28. The number of carbonyl (C=O) groups excluding carboxylic acids is 1. The van der Waals surface area contributed by atoms with E-state index in [1.807, 2.05) is 0 Å². The normalized spacial score (nSPS) is 36.9. The standard InChI is InChI=1S/C18H23NO/c1-9-6-10(2)17(11(3)7-9)19-18(20)16-14-12-4-5-13(8-12)15(14)16/h6-7,12-16H,4-5,8H2,1-3H3,(H,19,20)/t12-,13+,14+,15-,16?. The van der Waals surface area contributed by atoms with Crippen molar-refractivity contribution in [3.63, 3.8) is 0 Å². The van der Waals surface area contributed by atoms with Gasteiger partial charge in [0.2, 0.25) is 5.91 Å². The molecule has 1 N–H and O–H groups in total. The lowest BCUT2D eigenvalue weighted by Crippen LogP contribution is -2.19. The smallest absolute Gasteiger partial charge is 0.228 e. The molecule has 3 fully saturated rings. The van der Waals surface area contributed by atoms with Crippen molar-refractivity contribution in [3.8, 4) is 0 Å². The summed E-state index contributed by atoms with van der Waals surface area (Å²) in [5.74, 6) is 3.77. The molecular weight excluding hydrogens is 246 g/mol. The molecule has 3 saturated carbocycles. The first-order valence-corrected chi connectivity index (χ1v) is 7.95. The fraction of sp³-hybridized carbons (Fsp3) is 0.611. The van der Waals surface area contributed by atoms with Gasteiger partial charge in [-0.15, -0.1) is 0 Å². The second-order valence-corrected chi connectivity index (χ2v) is 7.28. The molecule has 1 aromatic rings. The van der Waals surface area contributed by atoms with Crippen molar-refractivity contribution < 1.29 is 4.79 Å². The number of anilines is 1. The predicted molar refractivity (Wildman–Crippen MR) is 80.6 cm³/mol. The van der Waals surface area contributed by atoms with Gasteiger partial charge < -0.3 is 5.32 Å². The maximum atomic E-state index is 12.6. The van der Waals surface area contributed by atoms with E-state index >= 15 is 0 Å². The van der Waals surface area contributed by atoms with Gasteiger partial charge in [-0.3, -0.25) is 4.79 Å². The maximum absolute atomic E-state index is 12.6. The fourth-order valence-electron chi connectivity index (χ4n) is 5.26. The van der Waals surface area contributed by atoms with E-state index in [1.54, 1.807) is 0 Å². The highest BCUT2D eigenvalue weighted by Gasteiger charge is 2.67. The van der Waals surface area contributed by atoms with Crippen molar-refractivity contribution in [2.24, 2.45) is 29.6 Å². The molecule has 0 spiro atoms. The molecule has 4 rings (SSSR count). The van der Waals surface area contributed by atoms with Crippen LogP contribution in [-0.4, -0.2) is 5.91 Å². The van der Waals surface area contributed by atoms with Crippen LogP contribution in [-0.2, 0) is 4.79 Å². The zero-order chi connectivity index (χ0) is 14.0. The van der Waals surface area contributed by atoms with Crippen LogP contribution in [0.15, 0.2) is 12.1 Å². The molecule has 0 saturated heterocycles. The number of aryl methyl sites for hydroxylation is 3. The Labute approximate surface area is 121 Å². The number of hydrogen-bond acceptors (Lipinski definition) is 1. The van der Waals surface area contributed by atoms with Crippen LogP contribution in [0.2, 0.25) is 0 Å². The van der Waals surface area contributed by atoms with Crippen molar-refractivity contribution in [3.05, 3.63) is 28.8 Å². The molecule has 0 radical (unpaired) electrons. The highest BCUT2D eigenvalue weighted by Crippen LogP contribution is 2.69. The van der Waals surface area contributed by atoms with Crippen LogP contribution in [0.1, 0.15) is 36.0 Å². The number of nitrogens with one attached hydrogen (secondary N) is 1. The van der Waals surface area contributed by atoms with Crippen LogP contribution in [0.25, 0.3) is 0 Å². The van der Waals surface area contributed by atoms with E-state index in [0.29, 0.717) is 5.92 Å². The maximum Gasteiger partial charge on any atom is 0.228 e. The van der Waals surface area contributed by atoms with Gasteiger partial charge in [0.15, 0.2) is 0 Å². The van der Waals surface area contributed by atoms with E-state index in [9.17, 15) is 4.79 Å². The molecule has 106 valence electrons. The number of rotatable bonds is 2. The SMILES string of the molecule is Cc1cc(C)c(NC(=O)C2[C@@H]3[C@H]4CC[C@H](C4)[C@H]23)c(C)c1. The molecule has 20 heavy (non-hydrogen) atoms. The van der Waals surface area contributed by atoms with Gasteiger partial charge in [-0.2, -0.15) is 0 Å². The number of fused-ring (bicyclic) bond motifs is 5. The first-order valence-electron chi connectivity index (χ1n) is 7.95. The summed E-state index contributed by atoms with van der Waals surface area (Å²) in [5, 5.41) is 3.23. The van der Waals surface area contributed by atoms with Crippen LogP contribution in [0.4, 0.5) is 5.69 Å². The quantitative estimate of drug-likeness (QED) is 0.868.